The molecular weight excluding hydrogens is 314 g/mol. The van der Waals surface area contributed by atoms with E-state index in [1.807, 2.05) is 55.6 Å². The Morgan fingerprint density at radius 3 is 2.60 bits per heavy atom. The third kappa shape index (κ3) is 2.87. The summed E-state index contributed by atoms with van der Waals surface area (Å²) in [7, 11) is 0. The van der Waals surface area contributed by atoms with Gasteiger partial charge in [0.05, 0.1) is 17.9 Å². The number of anilines is 1. The number of hydrogen-bond donors (Lipinski definition) is 1. The number of benzene rings is 1. The zero-order valence-corrected chi connectivity index (χ0v) is 14.4. The van der Waals surface area contributed by atoms with Crippen LogP contribution in [0.4, 0.5) is 5.82 Å². The molecule has 0 fully saturated rings. The summed E-state index contributed by atoms with van der Waals surface area (Å²) in [5.74, 6) is 1.67. The Labute approximate surface area is 145 Å². The molecule has 0 aliphatic heterocycles. The molecule has 3 heterocycles. The molecule has 0 saturated heterocycles. The predicted molar refractivity (Wildman–Crippen MR) is 96.5 cm³/mol. The van der Waals surface area contributed by atoms with Gasteiger partial charge >= 0.3 is 0 Å². The highest BCUT2D eigenvalue weighted by Crippen LogP contribution is 2.25. The average Bonchev–Trinajstić information content (AvgIpc) is 3.17. The summed E-state index contributed by atoms with van der Waals surface area (Å²) >= 11 is 0. The number of fused-ring (bicyclic) bond motifs is 1. The number of nitrogens with one attached hydrogen (secondary N) is 1. The van der Waals surface area contributed by atoms with Crippen molar-refractivity contribution in [3.8, 4) is 11.3 Å². The summed E-state index contributed by atoms with van der Waals surface area (Å²) in [6.45, 7) is 6.48. The second-order valence-corrected chi connectivity index (χ2v) is 6.12. The molecule has 0 spiro atoms. The maximum absolute atomic E-state index is 5.13. The van der Waals surface area contributed by atoms with Crippen molar-refractivity contribution in [2.45, 2.75) is 27.3 Å². The summed E-state index contributed by atoms with van der Waals surface area (Å²) in [5.41, 5.74) is 5.75. The van der Waals surface area contributed by atoms with Gasteiger partial charge in [-0.3, -0.25) is 0 Å². The number of aromatic nitrogens is 4. The van der Waals surface area contributed by atoms with Gasteiger partial charge in [-0.25, -0.2) is 4.98 Å². The molecule has 6 nitrogen and oxygen atoms in total. The summed E-state index contributed by atoms with van der Waals surface area (Å²) in [4.78, 5) is 4.81. The van der Waals surface area contributed by atoms with Crippen LogP contribution in [0.15, 0.2) is 47.0 Å². The van der Waals surface area contributed by atoms with Crippen LogP contribution in [0.25, 0.3) is 16.9 Å². The lowest BCUT2D eigenvalue weighted by atomic mass is 10.1. The molecule has 0 amide bonds. The number of nitrogens with zero attached hydrogens (tertiary/aromatic N) is 4. The minimum atomic E-state index is 0.558. The molecule has 0 radical (unpaired) electrons. The van der Waals surface area contributed by atoms with E-state index in [9.17, 15) is 0 Å². The van der Waals surface area contributed by atoms with Gasteiger partial charge < -0.3 is 9.84 Å². The summed E-state index contributed by atoms with van der Waals surface area (Å²) < 4.78 is 6.98. The van der Waals surface area contributed by atoms with Crippen LogP contribution < -0.4 is 5.32 Å². The Morgan fingerprint density at radius 1 is 1.08 bits per heavy atom. The highest BCUT2D eigenvalue weighted by molar-refractivity contribution is 5.68. The molecule has 0 aliphatic rings. The van der Waals surface area contributed by atoms with Gasteiger partial charge in [0.1, 0.15) is 17.3 Å². The fourth-order valence-electron chi connectivity index (χ4n) is 2.79. The van der Waals surface area contributed by atoms with Gasteiger partial charge in [-0.2, -0.15) is 9.61 Å². The largest absolute Gasteiger partial charge is 0.364 e. The van der Waals surface area contributed by atoms with E-state index < -0.39 is 0 Å². The molecule has 1 N–H and O–H groups in total. The minimum Gasteiger partial charge on any atom is -0.364 e. The van der Waals surface area contributed by atoms with Gasteiger partial charge in [0, 0.05) is 23.3 Å². The van der Waals surface area contributed by atoms with Crippen LogP contribution in [0.1, 0.15) is 22.7 Å². The predicted octanol–water partition coefficient (Wildman–Crippen LogP) is 3.92. The van der Waals surface area contributed by atoms with Crippen LogP contribution in [0.2, 0.25) is 0 Å². The van der Waals surface area contributed by atoms with Crippen LogP contribution >= 0.6 is 0 Å². The van der Waals surface area contributed by atoms with Crippen molar-refractivity contribution in [3.63, 3.8) is 0 Å². The third-order valence-electron chi connectivity index (χ3n) is 4.25. The van der Waals surface area contributed by atoms with Crippen molar-refractivity contribution in [1.82, 2.24) is 19.8 Å². The van der Waals surface area contributed by atoms with E-state index in [1.54, 1.807) is 0 Å². The van der Waals surface area contributed by atoms with Crippen molar-refractivity contribution in [2.75, 3.05) is 5.32 Å². The zero-order chi connectivity index (χ0) is 17.4. The van der Waals surface area contributed by atoms with Gasteiger partial charge in [0.15, 0.2) is 5.65 Å². The molecule has 0 unspecified atom stereocenters. The van der Waals surface area contributed by atoms with E-state index in [0.717, 1.165) is 45.4 Å². The molecule has 1 aromatic carbocycles. The monoisotopic (exact) mass is 333 g/mol. The van der Waals surface area contributed by atoms with Gasteiger partial charge in [-0.1, -0.05) is 35.5 Å². The highest BCUT2D eigenvalue weighted by Gasteiger charge is 2.13. The standard InChI is InChI=1S/C19H19N5O/c1-12-9-16(23-25-12)11-20-18-10-17(15-7-5-4-6-8-15)21-19-13(2)14(3)22-24(18)19/h4-10,20H,11H2,1-3H3. The number of aryl methyl sites for hydroxylation is 3. The van der Waals surface area contributed by atoms with E-state index in [0.29, 0.717) is 6.54 Å². The minimum absolute atomic E-state index is 0.558. The Morgan fingerprint density at radius 2 is 1.88 bits per heavy atom. The molecule has 0 saturated carbocycles. The Bertz CT molecular complexity index is 1030. The number of rotatable bonds is 4. The lowest BCUT2D eigenvalue weighted by Gasteiger charge is -2.10. The molecule has 0 aliphatic carbocycles. The van der Waals surface area contributed by atoms with E-state index >= 15 is 0 Å². The first-order valence-corrected chi connectivity index (χ1v) is 8.20. The van der Waals surface area contributed by atoms with E-state index in [2.05, 4.69) is 27.7 Å². The van der Waals surface area contributed by atoms with Crippen LogP contribution in [-0.2, 0) is 6.54 Å². The van der Waals surface area contributed by atoms with Gasteiger partial charge in [0.25, 0.3) is 0 Å². The second-order valence-electron chi connectivity index (χ2n) is 6.12. The summed E-state index contributed by atoms with van der Waals surface area (Å²) in [5, 5.41) is 12.1. The molecular formula is C19H19N5O. The molecule has 3 aromatic heterocycles. The first-order chi connectivity index (χ1) is 12.1. The number of hydrogen-bond acceptors (Lipinski definition) is 5. The highest BCUT2D eigenvalue weighted by atomic mass is 16.5. The average molecular weight is 333 g/mol. The fraction of sp³-hybridized carbons (Fsp3) is 0.211. The maximum Gasteiger partial charge on any atom is 0.161 e. The maximum atomic E-state index is 5.13. The van der Waals surface area contributed by atoms with Crippen LogP contribution in [-0.4, -0.2) is 19.8 Å². The lowest BCUT2D eigenvalue weighted by Crippen LogP contribution is -2.07. The molecule has 4 aromatic rings. The zero-order valence-electron chi connectivity index (χ0n) is 14.4. The fourth-order valence-corrected chi connectivity index (χ4v) is 2.79. The van der Waals surface area contributed by atoms with E-state index in [-0.39, 0.29) is 0 Å². The van der Waals surface area contributed by atoms with Crippen molar-refractivity contribution < 1.29 is 4.52 Å². The SMILES string of the molecule is Cc1cc(CNc2cc(-c3ccccc3)nc3c(C)c(C)nn23)no1. The van der Waals surface area contributed by atoms with Crippen molar-refractivity contribution in [3.05, 3.63) is 65.2 Å². The van der Waals surface area contributed by atoms with Crippen LogP contribution in [0, 0.1) is 20.8 Å². The van der Waals surface area contributed by atoms with Gasteiger partial charge in [0.2, 0.25) is 0 Å². The Balaban J connectivity index is 1.79. The molecule has 0 bridgehead atoms. The van der Waals surface area contributed by atoms with Crippen LogP contribution in [0.3, 0.4) is 0 Å². The van der Waals surface area contributed by atoms with Gasteiger partial charge in [-0.05, 0) is 20.8 Å². The third-order valence-corrected chi connectivity index (χ3v) is 4.25. The first kappa shape index (κ1) is 15.4. The first-order valence-electron chi connectivity index (χ1n) is 8.20. The molecule has 6 heteroatoms. The normalized spacial score (nSPS) is 11.2. The van der Waals surface area contributed by atoms with Crippen LogP contribution in [0.5, 0.6) is 0 Å². The van der Waals surface area contributed by atoms with Crippen molar-refractivity contribution in [2.24, 2.45) is 0 Å². The van der Waals surface area contributed by atoms with Crippen molar-refractivity contribution >= 4 is 11.5 Å². The van der Waals surface area contributed by atoms with E-state index in [1.165, 1.54) is 0 Å². The molecule has 25 heavy (non-hydrogen) atoms. The Hall–Kier alpha value is -3.15. The summed E-state index contributed by atoms with van der Waals surface area (Å²) in [6, 6.07) is 14.1. The smallest absolute Gasteiger partial charge is 0.161 e. The molecule has 126 valence electrons. The van der Waals surface area contributed by atoms with Gasteiger partial charge in [-0.15, -0.1) is 0 Å². The lowest BCUT2D eigenvalue weighted by molar-refractivity contribution is 0.391. The van der Waals surface area contributed by atoms with Crippen molar-refractivity contribution in [1.29, 1.82) is 0 Å². The topological polar surface area (TPSA) is 68.2 Å². The molecule has 0 atom stereocenters. The second kappa shape index (κ2) is 6.05. The van der Waals surface area contributed by atoms with E-state index in [4.69, 9.17) is 9.51 Å². The Kier molecular flexibility index (Phi) is 3.72. The summed E-state index contributed by atoms with van der Waals surface area (Å²) in [6.07, 6.45) is 0. The quantitative estimate of drug-likeness (QED) is 0.613. The molecule has 4 rings (SSSR count).